The summed E-state index contributed by atoms with van der Waals surface area (Å²) in [6.45, 7) is 4.42. The fourth-order valence-electron chi connectivity index (χ4n) is 1.97. The van der Waals surface area contributed by atoms with Gasteiger partial charge in [0, 0.05) is 0 Å². The van der Waals surface area contributed by atoms with Crippen LogP contribution in [0.15, 0.2) is 43.0 Å². The smallest absolute Gasteiger partial charge is 0.224 e. The zero-order valence-electron chi connectivity index (χ0n) is 8.41. The van der Waals surface area contributed by atoms with Crippen LogP contribution in [0.1, 0.15) is 6.42 Å². The van der Waals surface area contributed by atoms with Gasteiger partial charge in [0.25, 0.3) is 0 Å². The van der Waals surface area contributed by atoms with Gasteiger partial charge in [-0.2, -0.15) is 0 Å². The van der Waals surface area contributed by atoms with E-state index in [9.17, 15) is 0 Å². The summed E-state index contributed by atoms with van der Waals surface area (Å²) in [5, 5.41) is 1.45. The average molecular weight is 204 g/mol. The third-order valence-corrected chi connectivity index (χ3v) is 7.37. The maximum atomic E-state index is 6.02. The highest BCUT2D eigenvalue weighted by Gasteiger charge is 2.43. The highest BCUT2D eigenvalue weighted by Crippen LogP contribution is 2.32. The van der Waals surface area contributed by atoms with Crippen LogP contribution in [0, 0.1) is 0 Å². The van der Waals surface area contributed by atoms with Crippen molar-refractivity contribution in [3.63, 3.8) is 0 Å². The van der Waals surface area contributed by atoms with Crippen LogP contribution in [0.5, 0.6) is 0 Å². The first kappa shape index (κ1) is 9.68. The Labute approximate surface area is 86.5 Å². The molecule has 2 rings (SSSR count). The van der Waals surface area contributed by atoms with Crippen LogP contribution in [0.3, 0.4) is 0 Å². The Bertz CT molecular complexity index is 303. The maximum absolute atomic E-state index is 6.02. The van der Waals surface area contributed by atoms with E-state index in [0.717, 1.165) is 0 Å². The number of hydrogen-bond donors (Lipinski definition) is 0. The highest BCUT2D eigenvalue weighted by atomic mass is 28.4. The van der Waals surface area contributed by atoms with Gasteiger partial charge in [0.05, 0.1) is 6.61 Å². The van der Waals surface area contributed by atoms with Crippen molar-refractivity contribution in [1.29, 1.82) is 0 Å². The van der Waals surface area contributed by atoms with Crippen molar-refractivity contribution in [3.8, 4) is 0 Å². The Morgan fingerprint density at radius 2 is 2.00 bits per heavy atom. The van der Waals surface area contributed by atoms with E-state index in [0.29, 0.717) is 6.61 Å². The molecule has 0 atom stereocenters. The summed E-state index contributed by atoms with van der Waals surface area (Å²) in [6, 6.07) is 13.3. The zero-order valence-corrected chi connectivity index (χ0v) is 9.41. The van der Waals surface area contributed by atoms with Gasteiger partial charge in [-0.1, -0.05) is 42.8 Å². The van der Waals surface area contributed by atoms with E-state index in [1.54, 1.807) is 0 Å². The molecule has 0 bridgehead atoms. The minimum atomic E-state index is -1.51. The highest BCUT2D eigenvalue weighted by molar-refractivity contribution is 6.88. The topological polar surface area (TPSA) is 9.23 Å². The molecule has 1 aliphatic rings. The number of hydrogen-bond acceptors (Lipinski definition) is 1. The van der Waals surface area contributed by atoms with Crippen molar-refractivity contribution in [2.45, 2.75) is 18.5 Å². The van der Waals surface area contributed by atoms with Crippen LogP contribution in [0.25, 0.3) is 0 Å². The van der Waals surface area contributed by atoms with Crippen LogP contribution >= 0.6 is 0 Å². The minimum Gasteiger partial charge on any atom is -0.409 e. The van der Waals surface area contributed by atoms with Gasteiger partial charge in [-0.3, -0.25) is 0 Å². The van der Waals surface area contributed by atoms with Crippen molar-refractivity contribution in [2.75, 3.05) is 6.61 Å². The Morgan fingerprint density at radius 3 is 2.50 bits per heavy atom. The molecule has 0 saturated carbocycles. The van der Waals surface area contributed by atoms with E-state index in [1.807, 2.05) is 6.08 Å². The largest absolute Gasteiger partial charge is 0.409 e. The quantitative estimate of drug-likeness (QED) is 0.541. The molecule has 0 N–H and O–H groups in total. The predicted octanol–water partition coefficient (Wildman–Crippen LogP) is 2.45. The van der Waals surface area contributed by atoms with Crippen LogP contribution in [0.2, 0.25) is 12.1 Å². The molecule has 0 amide bonds. The van der Waals surface area contributed by atoms with Gasteiger partial charge in [0.2, 0.25) is 8.32 Å². The minimum absolute atomic E-state index is 0.709. The first-order valence-electron chi connectivity index (χ1n) is 5.18. The average Bonchev–Trinajstić information content (AvgIpc) is 2.18. The Morgan fingerprint density at radius 1 is 1.29 bits per heavy atom. The molecule has 0 aliphatic carbocycles. The standard InChI is InChI=1S/C12H16OSi/c1-2-9-13-14(10-6-11-14)12-7-4-3-5-8-12/h2-5,7-8H,1,6,9-11H2. The molecule has 1 fully saturated rings. The van der Waals surface area contributed by atoms with Crippen molar-refractivity contribution < 1.29 is 4.43 Å². The Kier molecular flexibility index (Phi) is 2.84. The lowest BCUT2D eigenvalue weighted by Crippen LogP contribution is -2.56. The molecule has 74 valence electrons. The van der Waals surface area contributed by atoms with E-state index >= 15 is 0 Å². The molecular weight excluding hydrogens is 188 g/mol. The van der Waals surface area contributed by atoms with Gasteiger partial charge in [0.1, 0.15) is 0 Å². The molecule has 0 unspecified atom stereocenters. The fourth-order valence-corrected chi connectivity index (χ4v) is 5.24. The molecular formula is C12H16OSi. The molecule has 1 heterocycles. The van der Waals surface area contributed by atoms with E-state index in [4.69, 9.17) is 4.43 Å². The molecule has 1 saturated heterocycles. The first-order chi connectivity index (χ1) is 6.87. The second-order valence-corrected chi connectivity index (χ2v) is 7.67. The van der Waals surface area contributed by atoms with Gasteiger partial charge < -0.3 is 4.43 Å². The second kappa shape index (κ2) is 4.11. The van der Waals surface area contributed by atoms with E-state index in [2.05, 4.69) is 36.9 Å². The summed E-state index contributed by atoms with van der Waals surface area (Å²) in [6.07, 6.45) is 3.19. The van der Waals surface area contributed by atoms with E-state index in [1.165, 1.54) is 23.7 Å². The predicted molar refractivity (Wildman–Crippen MR) is 62.2 cm³/mol. The molecule has 1 aliphatic heterocycles. The SMILES string of the molecule is C=CCO[Si]1(c2ccccc2)CCC1. The monoisotopic (exact) mass is 204 g/mol. The van der Waals surface area contributed by atoms with Crippen LogP contribution in [-0.4, -0.2) is 14.9 Å². The van der Waals surface area contributed by atoms with Crippen molar-refractivity contribution in [2.24, 2.45) is 0 Å². The Hall–Kier alpha value is -0.863. The lowest BCUT2D eigenvalue weighted by molar-refractivity contribution is 0.337. The zero-order chi connectivity index (χ0) is 9.86. The number of benzene rings is 1. The summed E-state index contributed by atoms with van der Waals surface area (Å²) in [5.41, 5.74) is 0. The van der Waals surface area contributed by atoms with Gasteiger partial charge in [-0.25, -0.2) is 0 Å². The third-order valence-electron chi connectivity index (χ3n) is 2.94. The van der Waals surface area contributed by atoms with E-state index in [-0.39, 0.29) is 0 Å². The molecule has 1 nitrogen and oxygen atoms in total. The summed E-state index contributed by atoms with van der Waals surface area (Å²) in [5.74, 6) is 0. The van der Waals surface area contributed by atoms with Gasteiger partial charge in [-0.15, -0.1) is 6.58 Å². The fraction of sp³-hybridized carbons (Fsp3) is 0.333. The maximum Gasteiger partial charge on any atom is 0.224 e. The van der Waals surface area contributed by atoms with Gasteiger partial charge in [-0.05, 0) is 17.3 Å². The summed E-state index contributed by atoms with van der Waals surface area (Å²) in [7, 11) is -1.51. The molecule has 14 heavy (non-hydrogen) atoms. The molecule has 0 radical (unpaired) electrons. The van der Waals surface area contributed by atoms with Crippen LogP contribution < -0.4 is 5.19 Å². The molecule has 0 spiro atoms. The molecule has 2 heteroatoms. The number of rotatable bonds is 4. The van der Waals surface area contributed by atoms with Gasteiger partial charge in [0.15, 0.2) is 0 Å². The van der Waals surface area contributed by atoms with Crippen LogP contribution in [-0.2, 0) is 4.43 Å². The second-order valence-electron chi connectivity index (χ2n) is 3.81. The summed E-state index contributed by atoms with van der Waals surface area (Å²) < 4.78 is 6.02. The lowest BCUT2D eigenvalue weighted by atomic mass is 10.4. The Balaban J connectivity index is 2.16. The summed E-state index contributed by atoms with van der Waals surface area (Å²) in [4.78, 5) is 0. The molecule has 1 aromatic carbocycles. The molecule has 1 aromatic rings. The first-order valence-corrected chi connectivity index (χ1v) is 7.50. The summed E-state index contributed by atoms with van der Waals surface area (Å²) >= 11 is 0. The normalized spacial score (nSPS) is 18.6. The van der Waals surface area contributed by atoms with Crippen molar-refractivity contribution in [1.82, 2.24) is 0 Å². The lowest BCUT2D eigenvalue weighted by Gasteiger charge is -2.39. The third kappa shape index (κ3) is 1.68. The van der Waals surface area contributed by atoms with E-state index < -0.39 is 8.32 Å². The van der Waals surface area contributed by atoms with Crippen molar-refractivity contribution >= 4 is 13.5 Å². The van der Waals surface area contributed by atoms with Crippen molar-refractivity contribution in [3.05, 3.63) is 43.0 Å². The van der Waals surface area contributed by atoms with Gasteiger partial charge >= 0.3 is 0 Å². The van der Waals surface area contributed by atoms with Crippen LogP contribution in [0.4, 0.5) is 0 Å². The molecule has 0 aromatic heterocycles.